The summed E-state index contributed by atoms with van der Waals surface area (Å²) in [6.45, 7) is 10.9. The minimum Gasteiger partial charge on any atom is -0.307 e. The van der Waals surface area contributed by atoms with Crippen molar-refractivity contribution >= 4 is 11.3 Å². The summed E-state index contributed by atoms with van der Waals surface area (Å²) in [7, 11) is 2.02. The van der Waals surface area contributed by atoms with E-state index in [1.807, 2.05) is 18.4 Å². The number of benzene rings is 1. The van der Waals surface area contributed by atoms with Gasteiger partial charge in [-0.05, 0) is 57.9 Å². The van der Waals surface area contributed by atoms with Crippen LogP contribution in [0.3, 0.4) is 0 Å². The SMILES string of the molecule is CCc1nc(C(NC)c2c(C)cc(C)cc2C)sc1C. The number of aromatic nitrogens is 1. The van der Waals surface area contributed by atoms with E-state index in [9.17, 15) is 0 Å². The molecule has 0 radical (unpaired) electrons. The summed E-state index contributed by atoms with van der Waals surface area (Å²) in [6.07, 6.45) is 1.00. The minimum absolute atomic E-state index is 0.194. The van der Waals surface area contributed by atoms with Gasteiger partial charge in [0.1, 0.15) is 5.01 Å². The number of aryl methyl sites for hydroxylation is 5. The third-order valence-electron chi connectivity index (χ3n) is 3.81. The normalized spacial score (nSPS) is 12.7. The lowest BCUT2D eigenvalue weighted by Crippen LogP contribution is -2.20. The Morgan fingerprint density at radius 2 is 1.75 bits per heavy atom. The molecule has 3 heteroatoms. The van der Waals surface area contributed by atoms with E-state index in [1.54, 1.807) is 0 Å². The van der Waals surface area contributed by atoms with Gasteiger partial charge in [-0.1, -0.05) is 24.6 Å². The second-order valence-corrected chi connectivity index (χ2v) is 6.68. The molecule has 1 heterocycles. The van der Waals surface area contributed by atoms with E-state index < -0.39 is 0 Å². The first kappa shape index (κ1) is 15.2. The lowest BCUT2D eigenvalue weighted by molar-refractivity contribution is 0.675. The molecule has 0 aliphatic heterocycles. The predicted molar refractivity (Wildman–Crippen MR) is 87.8 cm³/mol. The summed E-state index contributed by atoms with van der Waals surface area (Å²) in [5.74, 6) is 0. The van der Waals surface area contributed by atoms with Crippen molar-refractivity contribution in [1.29, 1.82) is 0 Å². The minimum atomic E-state index is 0.194. The van der Waals surface area contributed by atoms with E-state index in [2.05, 4.69) is 52.1 Å². The Balaban J connectivity index is 2.52. The van der Waals surface area contributed by atoms with Crippen molar-refractivity contribution in [3.05, 3.63) is 50.0 Å². The standard InChI is InChI=1S/C17H24N2S/c1-7-14-13(5)20-17(19-14)16(18-6)15-11(3)8-10(2)9-12(15)4/h8-9,16,18H,7H2,1-6H3. The van der Waals surface area contributed by atoms with Crippen LogP contribution in [0.2, 0.25) is 0 Å². The van der Waals surface area contributed by atoms with E-state index in [-0.39, 0.29) is 6.04 Å². The summed E-state index contributed by atoms with van der Waals surface area (Å²) in [6, 6.07) is 4.71. The Labute approximate surface area is 126 Å². The molecule has 0 aliphatic rings. The lowest BCUT2D eigenvalue weighted by Gasteiger charge is -2.20. The highest BCUT2D eigenvalue weighted by Crippen LogP contribution is 2.32. The lowest BCUT2D eigenvalue weighted by atomic mass is 9.94. The number of hydrogen-bond donors (Lipinski definition) is 1. The summed E-state index contributed by atoms with van der Waals surface area (Å²) in [5, 5.41) is 4.63. The fraction of sp³-hybridized carbons (Fsp3) is 0.471. The topological polar surface area (TPSA) is 24.9 Å². The first-order chi connectivity index (χ1) is 9.47. The van der Waals surface area contributed by atoms with Crippen LogP contribution in [0.15, 0.2) is 12.1 Å². The number of hydrogen-bond acceptors (Lipinski definition) is 3. The van der Waals surface area contributed by atoms with Gasteiger partial charge in [0.15, 0.2) is 0 Å². The maximum Gasteiger partial charge on any atom is 0.115 e. The number of nitrogens with zero attached hydrogens (tertiary/aromatic N) is 1. The van der Waals surface area contributed by atoms with Crippen LogP contribution in [0, 0.1) is 27.7 Å². The summed E-state index contributed by atoms with van der Waals surface area (Å²) >= 11 is 1.81. The van der Waals surface area contributed by atoms with Gasteiger partial charge in [-0.25, -0.2) is 4.98 Å². The Hall–Kier alpha value is -1.19. The molecule has 0 saturated heterocycles. The molecule has 0 fully saturated rings. The van der Waals surface area contributed by atoms with Crippen LogP contribution in [0.25, 0.3) is 0 Å². The van der Waals surface area contributed by atoms with Gasteiger partial charge < -0.3 is 5.32 Å². The second-order valence-electron chi connectivity index (χ2n) is 5.44. The second kappa shape index (κ2) is 6.06. The van der Waals surface area contributed by atoms with Gasteiger partial charge >= 0.3 is 0 Å². The van der Waals surface area contributed by atoms with Crippen LogP contribution in [0.1, 0.15) is 50.8 Å². The van der Waals surface area contributed by atoms with Gasteiger partial charge in [0, 0.05) is 4.88 Å². The zero-order valence-electron chi connectivity index (χ0n) is 13.3. The van der Waals surface area contributed by atoms with Crippen LogP contribution >= 0.6 is 11.3 Å². The molecule has 1 unspecified atom stereocenters. The molecule has 0 saturated carbocycles. The van der Waals surface area contributed by atoms with Crippen molar-refractivity contribution in [2.75, 3.05) is 7.05 Å². The Morgan fingerprint density at radius 1 is 1.15 bits per heavy atom. The average molecular weight is 288 g/mol. The zero-order valence-corrected chi connectivity index (χ0v) is 14.1. The van der Waals surface area contributed by atoms with Crippen LogP contribution in [-0.2, 0) is 6.42 Å². The van der Waals surface area contributed by atoms with Crippen LogP contribution in [0.4, 0.5) is 0 Å². The summed E-state index contributed by atoms with van der Waals surface area (Å²) < 4.78 is 0. The van der Waals surface area contributed by atoms with Crippen molar-refractivity contribution in [2.45, 2.75) is 47.1 Å². The molecular formula is C17H24N2S. The fourth-order valence-corrected chi connectivity index (χ4v) is 4.07. The maximum atomic E-state index is 4.84. The summed E-state index contributed by atoms with van der Waals surface area (Å²) in [5.41, 5.74) is 6.60. The molecular weight excluding hydrogens is 264 g/mol. The zero-order chi connectivity index (χ0) is 14.9. The molecule has 1 N–H and O–H groups in total. The summed E-state index contributed by atoms with van der Waals surface area (Å²) in [4.78, 5) is 6.17. The van der Waals surface area contributed by atoms with Gasteiger partial charge in [-0.15, -0.1) is 11.3 Å². The molecule has 1 atom stereocenters. The van der Waals surface area contributed by atoms with Gasteiger partial charge in [0.05, 0.1) is 11.7 Å². The quantitative estimate of drug-likeness (QED) is 0.910. The van der Waals surface area contributed by atoms with Gasteiger partial charge in [0.25, 0.3) is 0 Å². The van der Waals surface area contributed by atoms with Gasteiger partial charge in [-0.2, -0.15) is 0 Å². The van der Waals surface area contributed by atoms with Crippen LogP contribution in [-0.4, -0.2) is 12.0 Å². The highest BCUT2D eigenvalue weighted by molar-refractivity contribution is 7.11. The van der Waals surface area contributed by atoms with Gasteiger partial charge in [0.2, 0.25) is 0 Å². The van der Waals surface area contributed by atoms with Crippen molar-refractivity contribution in [3.8, 4) is 0 Å². The van der Waals surface area contributed by atoms with E-state index in [4.69, 9.17) is 4.98 Å². The maximum absolute atomic E-state index is 4.84. The third kappa shape index (κ3) is 2.79. The average Bonchev–Trinajstić information content (AvgIpc) is 2.74. The smallest absolute Gasteiger partial charge is 0.115 e. The van der Waals surface area contributed by atoms with Crippen LogP contribution < -0.4 is 5.32 Å². The molecule has 108 valence electrons. The van der Waals surface area contributed by atoms with Crippen molar-refractivity contribution < 1.29 is 0 Å². The monoisotopic (exact) mass is 288 g/mol. The predicted octanol–water partition coefficient (Wildman–Crippen LogP) is 4.25. The van der Waals surface area contributed by atoms with E-state index in [0.29, 0.717) is 0 Å². The molecule has 20 heavy (non-hydrogen) atoms. The van der Waals surface area contributed by atoms with Crippen molar-refractivity contribution in [1.82, 2.24) is 10.3 Å². The third-order valence-corrected chi connectivity index (χ3v) is 4.88. The number of nitrogens with one attached hydrogen (secondary N) is 1. The first-order valence-electron chi connectivity index (χ1n) is 7.19. The largest absolute Gasteiger partial charge is 0.307 e. The number of rotatable bonds is 4. The van der Waals surface area contributed by atoms with E-state index in [1.165, 1.54) is 37.8 Å². The molecule has 0 bridgehead atoms. The molecule has 2 rings (SSSR count). The fourth-order valence-electron chi connectivity index (χ4n) is 2.94. The van der Waals surface area contributed by atoms with Crippen LogP contribution in [0.5, 0.6) is 0 Å². The Morgan fingerprint density at radius 3 is 2.20 bits per heavy atom. The Kier molecular flexibility index (Phi) is 4.61. The highest BCUT2D eigenvalue weighted by Gasteiger charge is 2.21. The molecule has 1 aromatic heterocycles. The van der Waals surface area contributed by atoms with Crippen molar-refractivity contribution in [3.63, 3.8) is 0 Å². The highest BCUT2D eigenvalue weighted by atomic mass is 32.1. The molecule has 0 amide bonds. The van der Waals surface area contributed by atoms with Gasteiger partial charge in [-0.3, -0.25) is 0 Å². The van der Waals surface area contributed by atoms with E-state index >= 15 is 0 Å². The van der Waals surface area contributed by atoms with E-state index in [0.717, 1.165) is 6.42 Å². The number of thiazole rings is 1. The molecule has 0 aliphatic carbocycles. The molecule has 0 spiro atoms. The molecule has 2 nitrogen and oxygen atoms in total. The molecule has 1 aromatic carbocycles. The first-order valence-corrected chi connectivity index (χ1v) is 8.00. The Bertz CT molecular complexity index is 590. The van der Waals surface area contributed by atoms with Crippen molar-refractivity contribution in [2.24, 2.45) is 0 Å². The molecule has 2 aromatic rings.